The molecule has 1 aromatic heterocycles. The van der Waals surface area contributed by atoms with E-state index < -0.39 is 11.9 Å². The van der Waals surface area contributed by atoms with Gasteiger partial charge in [0.2, 0.25) is 5.91 Å². The van der Waals surface area contributed by atoms with E-state index in [0.717, 1.165) is 22.9 Å². The largest absolute Gasteiger partial charge is 0.484 e. The van der Waals surface area contributed by atoms with E-state index in [2.05, 4.69) is 0 Å². The standard InChI is InChI=1S/C24H24N2O5/c1-15-18-10-9-17(30-14-22(27)26-11-5-8-20(26)23(25)28)13-21(18)31-24(29)19(15)12-16-6-3-2-4-7-16/h2-4,6-7,9-10,13,20H,5,8,11-12,14H2,1H3,(H2,25,28)/t20-/m1/s1. The normalized spacial score (nSPS) is 15.9. The molecule has 2 heterocycles. The maximum absolute atomic E-state index is 12.6. The number of rotatable bonds is 6. The average Bonchev–Trinajstić information content (AvgIpc) is 3.26. The van der Waals surface area contributed by atoms with Crippen LogP contribution in [0.2, 0.25) is 0 Å². The summed E-state index contributed by atoms with van der Waals surface area (Å²) in [7, 11) is 0. The molecular weight excluding hydrogens is 396 g/mol. The molecule has 2 aromatic carbocycles. The predicted molar refractivity (Wildman–Crippen MR) is 116 cm³/mol. The van der Waals surface area contributed by atoms with E-state index >= 15 is 0 Å². The Morgan fingerprint density at radius 3 is 2.71 bits per heavy atom. The van der Waals surface area contributed by atoms with Crippen LogP contribution < -0.4 is 16.1 Å². The number of amides is 2. The quantitative estimate of drug-likeness (QED) is 0.618. The summed E-state index contributed by atoms with van der Waals surface area (Å²) < 4.78 is 11.2. The minimum absolute atomic E-state index is 0.218. The molecular formula is C24H24N2O5. The molecule has 1 atom stereocenters. The Labute approximate surface area is 179 Å². The summed E-state index contributed by atoms with van der Waals surface area (Å²) in [6.45, 7) is 2.18. The molecule has 2 amide bonds. The van der Waals surface area contributed by atoms with Gasteiger partial charge in [-0.2, -0.15) is 0 Å². The van der Waals surface area contributed by atoms with Crippen LogP contribution in [0.15, 0.2) is 57.7 Å². The van der Waals surface area contributed by atoms with Gasteiger partial charge in [-0.3, -0.25) is 9.59 Å². The van der Waals surface area contributed by atoms with Gasteiger partial charge < -0.3 is 19.8 Å². The Hall–Kier alpha value is -3.61. The number of aryl methyl sites for hydroxylation is 1. The van der Waals surface area contributed by atoms with Crippen molar-refractivity contribution in [2.75, 3.05) is 13.2 Å². The van der Waals surface area contributed by atoms with Crippen LogP contribution in [-0.4, -0.2) is 35.9 Å². The van der Waals surface area contributed by atoms with Crippen LogP contribution in [0, 0.1) is 6.92 Å². The maximum Gasteiger partial charge on any atom is 0.340 e. The number of ether oxygens (including phenoxy) is 1. The van der Waals surface area contributed by atoms with Crippen LogP contribution in [0.1, 0.15) is 29.5 Å². The molecule has 0 saturated carbocycles. The molecule has 4 rings (SSSR count). The third-order valence-corrected chi connectivity index (χ3v) is 5.75. The predicted octanol–water partition coefficient (Wildman–Crippen LogP) is 2.55. The van der Waals surface area contributed by atoms with Gasteiger partial charge in [0.1, 0.15) is 17.4 Å². The van der Waals surface area contributed by atoms with Crippen molar-refractivity contribution in [1.29, 1.82) is 0 Å². The number of hydrogen-bond donors (Lipinski definition) is 1. The molecule has 31 heavy (non-hydrogen) atoms. The summed E-state index contributed by atoms with van der Waals surface area (Å²) in [6, 6.07) is 14.4. The lowest BCUT2D eigenvalue weighted by Gasteiger charge is -2.22. The van der Waals surface area contributed by atoms with E-state index in [4.69, 9.17) is 14.9 Å². The van der Waals surface area contributed by atoms with E-state index in [1.807, 2.05) is 43.3 Å². The van der Waals surface area contributed by atoms with Gasteiger partial charge in [-0.05, 0) is 43.0 Å². The zero-order valence-electron chi connectivity index (χ0n) is 17.3. The van der Waals surface area contributed by atoms with E-state index in [1.165, 1.54) is 4.90 Å². The fourth-order valence-corrected chi connectivity index (χ4v) is 4.06. The average molecular weight is 420 g/mol. The third-order valence-electron chi connectivity index (χ3n) is 5.75. The van der Waals surface area contributed by atoms with Gasteiger partial charge in [-0.1, -0.05) is 30.3 Å². The van der Waals surface area contributed by atoms with Crippen molar-refractivity contribution >= 4 is 22.8 Å². The summed E-state index contributed by atoms with van der Waals surface area (Å²) in [4.78, 5) is 38.0. The molecule has 7 heteroatoms. The monoisotopic (exact) mass is 420 g/mol. The van der Waals surface area contributed by atoms with Crippen molar-refractivity contribution in [2.45, 2.75) is 32.2 Å². The zero-order valence-corrected chi connectivity index (χ0v) is 17.3. The molecule has 3 aromatic rings. The molecule has 1 aliphatic heterocycles. The van der Waals surface area contributed by atoms with Gasteiger partial charge >= 0.3 is 5.63 Å². The molecule has 160 valence electrons. The Balaban J connectivity index is 1.52. The summed E-state index contributed by atoms with van der Waals surface area (Å²) in [6.07, 6.45) is 1.81. The first-order chi connectivity index (χ1) is 14.9. The molecule has 0 spiro atoms. The molecule has 0 aliphatic carbocycles. The highest BCUT2D eigenvalue weighted by Gasteiger charge is 2.32. The van der Waals surface area contributed by atoms with Crippen LogP contribution in [-0.2, 0) is 16.0 Å². The first kappa shape index (κ1) is 20.7. The molecule has 2 N–H and O–H groups in total. The molecule has 1 saturated heterocycles. The second-order valence-corrected chi connectivity index (χ2v) is 7.75. The number of carbonyl (C=O) groups is 2. The van der Waals surface area contributed by atoms with Gasteiger partial charge in [0.05, 0.1) is 0 Å². The van der Waals surface area contributed by atoms with Crippen molar-refractivity contribution in [3.05, 3.63) is 75.6 Å². The zero-order chi connectivity index (χ0) is 22.0. The second kappa shape index (κ2) is 8.63. The number of benzene rings is 2. The fraction of sp³-hybridized carbons (Fsp3) is 0.292. The molecule has 0 bridgehead atoms. The van der Waals surface area contributed by atoms with Crippen LogP contribution in [0.3, 0.4) is 0 Å². The van der Waals surface area contributed by atoms with Gasteiger partial charge in [0.15, 0.2) is 6.61 Å². The minimum atomic E-state index is -0.573. The summed E-state index contributed by atoms with van der Waals surface area (Å²) >= 11 is 0. The van der Waals surface area contributed by atoms with Gasteiger partial charge in [0, 0.05) is 30.0 Å². The van der Waals surface area contributed by atoms with Crippen molar-refractivity contribution in [1.82, 2.24) is 4.90 Å². The van der Waals surface area contributed by atoms with E-state index in [9.17, 15) is 14.4 Å². The van der Waals surface area contributed by atoms with Crippen LogP contribution >= 0.6 is 0 Å². The van der Waals surface area contributed by atoms with Crippen molar-refractivity contribution in [3.63, 3.8) is 0 Å². The first-order valence-corrected chi connectivity index (χ1v) is 10.3. The Morgan fingerprint density at radius 2 is 1.97 bits per heavy atom. The summed E-state index contributed by atoms with van der Waals surface area (Å²) in [5.74, 6) is -0.383. The Kier molecular flexibility index (Phi) is 5.75. The summed E-state index contributed by atoms with van der Waals surface area (Å²) in [5.41, 5.74) is 7.90. The van der Waals surface area contributed by atoms with Crippen LogP contribution in [0.4, 0.5) is 0 Å². The molecule has 1 fully saturated rings. The molecule has 0 radical (unpaired) electrons. The van der Waals surface area contributed by atoms with E-state index in [1.54, 1.807) is 12.1 Å². The lowest BCUT2D eigenvalue weighted by atomic mass is 10.00. The first-order valence-electron chi connectivity index (χ1n) is 10.3. The smallest absolute Gasteiger partial charge is 0.340 e. The Bertz CT molecular complexity index is 1190. The van der Waals surface area contributed by atoms with E-state index in [-0.39, 0.29) is 18.1 Å². The van der Waals surface area contributed by atoms with Crippen LogP contribution in [0.5, 0.6) is 5.75 Å². The number of fused-ring (bicyclic) bond motifs is 1. The second-order valence-electron chi connectivity index (χ2n) is 7.75. The number of hydrogen-bond acceptors (Lipinski definition) is 5. The fourth-order valence-electron chi connectivity index (χ4n) is 4.06. The molecule has 0 unspecified atom stereocenters. The topological polar surface area (TPSA) is 103 Å². The van der Waals surface area contributed by atoms with E-state index in [0.29, 0.717) is 36.3 Å². The van der Waals surface area contributed by atoms with Gasteiger partial charge in [-0.15, -0.1) is 0 Å². The lowest BCUT2D eigenvalue weighted by molar-refractivity contribution is -0.138. The summed E-state index contributed by atoms with van der Waals surface area (Å²) in [5, 5.41) is 0.817. The molecule has 7 nitrogen and oxygen atoms in total. The minimum Gasteiger partial charge on any atom is -0.484 e. The number of nitrogens with zero attached hydrogens (tertiary/aromatic N) is 1. The van der Waals surface area contributed by atoms with Crippen molar-refractivity contribution < 1.29 is 18.7 Å². The van der Waals surface area contributed by atoms with Crippen LogP contribution in [0.25, 0.3) is 11.0 Å². The maximum atomic E-state index is 12.6. The van der Waals surface area contributed by atoms with Crippen molar-refractivity contribution in [2.24, 2.45) is 5.73 Å². The number of carbonyl (C=O) groups excluding carboxylic acids is 2. The third kappa shape index (κ3) is 4.30. The van der Waals surface area contributed by atoms with Crippen molar-refractivity contribution in [3.8, 4) is 5.75 Å². The van der Waals surface area contributed by atoms with Gasteiger partial charge in [-0.25, -0.2) is 4.79 Å². The highest BCUT2D eigenvalue weighted by molar-refractivity contribution is 5.88. The highest BCUT2D eigenvalue weighted by Crippen LogP contribution is 2.25. The number of primary amides is 1. The number of nitrogens with two attached hydrogens (primary N) is 1. The highest BCUT2D eigenvalue weighted by atomic mass is 16.5. The lowest BCUT2D eigenvalue weighted by Crippen LogP contribution is -2.45. The molecule has 1 aliphatic rings. The van der Waals surface area contributed by atoms with Gasteiger partial charge in [0.25, 0.3) is 5.91 Å². The number of likely N-dealkylation sites (tertiary alicyclic amines) is 1. The Morgan fingerprint density at radius 1 is 1.19 bits per heavy atom. The SMILES string of the molecule is Cc1c(Cc2ccccc2)c(=O)oc2cc(OCC(=O)N3CCC[C@@H]3C(N)=O)ccc12.